The molecule has 36 heavy (non-hydrogen) atoms. The van der Waals surface area contributed by atoms with Crippen molar-refractivity contribution in [2.75, 3.05) is 19.7 Å². The van der Waals surface area contributed by atoms with Gasteiger partial charge in [0, 0.05) is 24.4 Å². The summed E-state index contributed by atoms with van der Waals surface area (Å²) >= 11 is 4.54. The monoisotopic (exact) mass is 532 g/mol. The number of halogens is 6. The maximum atomic E-state index is 14.8. The zero-order valence-electron chi connectivity index (χ0n) is 19.0. The third-order valence-corrected chi connectivity index (χ3v) is 5.30. The van der Waals surface area contributed by atoms with Gasteiger partial charge < -0.3 is 14.6 Å². The second-order valence-corrected chi connectivity index (χ2v) is 8.24. The molecule has 2 aromatic carbocycles. The average Bonchev–Trinajstić information content (AvgIpc) is 3.33. The summed E-state index contributed by atoms with van der Waals surface area (Å²) in [4.78, 5) is 18.8. The van der Waals surface area contributed by atoms with E-state index in [9.17, 15) is 31.9 Å². The molecular formula is C24H22ClF5N2O4. The van der Waals surface area contributed by atoms with Crippen LogP contribution in [0.2, 0.25) is 0 Å². The number of hydrogen-bond donors (Lipinski definition) is 1. The van der Waals surface area contributed by atoms with Crippen molar-refractivity contribution in [3.8, 4) is 5.75 Å². The Balaban J connectivity index is 1.97. The number of hydrogen-bond acceptors (Lipinski definition) is 6. The highest BCUT2D eigenvalue weighted by molar-refractivity contribution is 6.20. The van der Waals surface area contributed by atoms with Crippen molar-refractivity contribution in [3.63, 3.8) is 0 Å². The summed E-state index contributed by atoms with van der Waals surface area (Å²) in [7, 11) is 0. The summed E-state index contributed by atoms with van der Waals surface area (Å²) in [6.45, 7) is 4.10. The first-order valence-corrected chi connectivity index (χ1v) is 11.3. The van der Waals surface area contributed by atoms with Crippen LogP contribution in [0.15, 0.2) is 40.9 Å². The molecule has 3 rings (SSSR count). The summed E-state index contributed by atoms with van der Waals surface area (Å²) < 4.78 is 77.1. The molecule has 0 atom stereocenters. The van der Waals surface area contributed by atoms with E-state index >= 15 is 0 Å². The number of carbonyl (C=O) groups is 1. The first-order chi connectivity index (χ1) is 17.0. The van der Waals surface area contributed by atoms with Gasteiger partial charge in [-0.25, -0.2) is 13.6 Å². The first-order valence-electron chi connectivity index (χ1n) is 10.9. The van der Waals surface area contributed by atoms with Crippen LogP contribution in [0.3, 0.4) is 0 Å². The van der Waals surface area contributed by atoms with Crippen molar-refractivity contribution >= 4 is 35.2 Å². The number of aliphatic hydroxyl groups excluding tert-OH is 1. The summed E-state index contributed by atoms with van der Waals surface area (Å²) in [5.41, 5.74) is -5.09. The van der Waals surface area contributed by atoms with Gasteiger partial charge in [-0.05, 0) is 56.6 Å². The molecule has 0 amide bonds. The number of benzene rings is 2. The fourth-order valence-corrected chi connectivity index (χ4v) is 3.63. The van der Waals surface area contributed by atoms with Crippen LogP contribution in [-0.2, 0) is 16.1 Å². The molecule has 1 fully saturated rings. The molecule has 0 spiro atoms. The Bertz CT molecular complexity index is 1160. The van der Waals surface area contributed by atoms with E-state index in [2.05, 4.69) is 26.2 Å². The molecular weight excluding hydrogens is 511 g/mol. The van der Waals surface area contributed by atoms with Crippen molar-refractivity contribution in [1.82, 2.24) is 4.90 Å². The van der Waals surface area contributed by atoms with Crippen LogP contribution in [0, 0.1) is 17.5 Å². The van der Waals surface area contributed by atoms with Crippen LogP contribution < -0.4 is 4.74 Å². The van der Waals surface area contributed by atoms with Gasteiger partial charge >= 0.3 is 11.5 Å². The van der Waals surface area contributed by atoms with Crippen molar-refractivity contribution in [2.24, 2.45) is 4.99 Å². The van der Waals surface area contributed by atoms with Gasteiger partial charge in [0.2, 0.25) is 11.6 Å². The Morgan fingerprint density at radius 3 is 2.39 bits per heavy atom. The summed E-state index contributed by atoms with van der Waals surface area (Å²) in [6.07, 6.45) is 3.13. The molecule has 1 aliphatic rings. The number of nitrogens with zero attached hydrogens (tertiary/aromatic N) is 2. The van der Waals surface area contributed by atoms with Gasteiger partial charge in [-0.15, -0.1) is 8.78 Å². The number of aliphatic imine (C=N–C) groups is 1. The standard InChI is InChI=1S/C24H22ClF5N2O4/c1-2-35-23(34)17(12-31-15-7-5-14(6-8-15)13-32-9-3-4-10-32)21(33)16-11-18(26)20(28)22(19(16)27)36-24(25,29)30/h5-8,11-12,33H,2-4,9-10,13H2,1H3/b21-17-,31-12?. The van der Waals surface area contributed by atoms with E-state index in [1.54, 1.807) is 12.1 Å². The molecule has 2 aromatic rings. The number of alkyl halides is 3. The molecule has 0 aromatic heterocycles. The van der Waals surface area contributed by atoms with Crippen LogP contribution in [0.4, 0.5) is 27.6 Å². The normalized spacial score (nSPS) is 15.3. The summed E-state index contributed by atoms with van der Waals surface area (Å²) in [6, 6.07) is 7.11. The van der Waals surface area contributed by atoms with E-state index in [1.807, 2.05) is 12.1 Å². The number of carbonyl (C=O) groups excluding carboxylic acids is 1. The zero-order chi connectivity index (χ0) is 26.5. The smallest absolute Gasteiger partial charge is 0.487 e. The van der Waals surface area contributed by atoms with Crippen molar-refractivity contribution < 1.29 is 41.3 Å². The lowest BCUT2D eigenvalue weighted by molar-refractivity contribution is -0.137. The van der Waals surface area contributed by atoms with Crippen LogP contribution in [-0.4, -0.2) is 47.5 Å². The largest absolute Gasteiger partial charge is 0.506 e. The Labute approximate surface area is 208 Å². The topological polar surface area (TPSA) is 71.4 Å². The molecule has 1 aliphatic heterocycles. The number of rotatable bonds is 9. The highest BCUT2D eigenvalue weighted by atomic mass is 35.5. The lowest BCUT2D eigenvalue weighted by atomic mass is 10.1. The zero-order valence-corrected chi connectivity index (χ0v) is 19.8. The molecule has 0 radical (unpaired) electrons. The Hall–Kier alpha value is -3.18. The van der Waals surface area contributed by atoms with E-state index in [4.69, 9.17) is 4.74 Å². The number of ether oxygens (including phenoxy) is 2. The Morgan fingerprint density at radius 2 is 1.81 bits per heavy atom. The molecule has 1 saturated heterocycles. The van der Waals surface area contributed by atoms with E-state index in [0.717, 1.165) is 44.3 Å². The molecule has 1 heterocycles. The summed E-state index contributed by atoms with van der Waals surface area (Å²) in [5, 5.41) is 10.6. The fourth-order valence-electron chi connectivity index (χ4n) is 3.55. The lowest BCUT2D eigenvalue weighted by Gasteiger charge is -2.15. The highest BCUT2D eigenvalue weighted by Crippen LogP contribution is 2.35. The van der Waals surface area contributed by atoms with E-state index in [1.165, 1.54) is 6.92 Å². The molecule has 1 N–H and O–H groups in total. The van der Waals surface area contributed by atoms with Crippen molar-refractivity contribution in [1.29, 1.82) is 0 Å². The molecule has 0 saturated carbocycles. The Morgan fingerprint density at radius 1 is 1.17 bits per heavy atom. The molecule has 194 valence electrons. The molecule has 0 aliphatic carbocycles. The van der Waals surface area contributed by atoms with Crippen molar-refractivity contribution in [3.05, 3.63) is 64.5 Å². The lowest BCUT2D eigenvalue weighted by Crippen LogP contribution is -2.19. The number of esters is 1. The number of aliphatic hydroxyl groups is 1. The van der Waals surface area contributed by atoms with Crippen LogP contribution in [0.5, 0.6) is 5.75 Å². The van der Waals surface area contributed by atoms with Crippen LogP contribution in [0.25, 0.3) is 5.76 Å². The maximum absolute atomic E-state index is 14.8. The second-order valence-electron chi connectivity index (χ2n) is 7.80. The third-order valence-electron chi connectivity index (χ3n) is 5.22. The third kappa shape index (κ3) is 6.94. The van der Waals surface area contributed by atoms with Gasteiger partial charge in [-0.3, -0.25) is 9.89 Å². The van der Waals surface area contributed by atoms with E-state index in [-0.39, 0.29) is 12.7 Å². The van der Waals surface area contributed by atoms with Gasteiger partial charge in [0.1, 0.15) is 11.3 Å². The minimum absolute atomic E-state index is 0.151. The van der Waals surface area contributed by atoms with Gasteiger partial charge in [0.15, 0.2) is 11.6 Å². The minimum Gasteiger partial charge on any atom is -0.506 e. The van der Waals surface area contributed by atoms with E-state index < -0.39 is 51.6 Å². The Kier molecular flexibility index (Phi) is 8.91. The van der Waals surface area contributed by atoms with E-state index in [0.29, 0.717) is 5.69 Å². The predicted molar refractivity (Wildman–Crippen MR) is 123 cm³/mol. The van der Waals surface area contributed by atoms with Crippen LogP contribution in [0.1, 0.15) is 30.9 Å². The average molecular weight is 533 g/mol. The highest BCUT2D eigenvalue weighted by Gasteiger charge is 2.34. The van der Waals surface area contributed by atoms with Crippen LogP contribution >= 0.6 is 11.6 Å². The summed E-state index contributed by atoms with van der Waals surface area (Å²) in [5.74, 6) is -10.2. The number of likely N-dealkylation sites (tertiary alicyclic amines) is 1. The van der Waals surface area contributed by atoms with Gasteiger partial charge in [-0.1, -0.05) is 12.1 Å². The second kappa shape index (κ2) is 11.7. The van der Waals surface area contributed by atoms with Gasteiger partial charge in [-0.2, -0.15) is 4.39 Å². The molecule has 0 bridgehead atoms. The molecule has 6 nitrogen and oxygen atoms in total. The van der Waals surface area contributed by atoms with Gasteiger partial charge in [0.05, 0.1) is 17.9 Å². The quantitative estimate of drug-likeness (QED) is 0.0803. The fraction of sp³-hybridized carbons (Fsp3) is 0.333. The van der Waals surface area contributed by atoms with Gasteiger partial charge in [0.25, 0.3) is 0 Å². The predicted octanol–water partition coefficient (Wildman–Crippen LogP) is 6.10. The first kappa shape index (κ1) is 27.4. The molecule has 0 unspecified atom stereocenters. The van der Waals surface area contributed by atoms with Crippen molar-refractivity contribution in [2.45, 2.75) is 31.9 Å². The molecule has 12 heteroatoms. The maximum Gasteiger partial charge on any atom is 0.487 e. The SMILES string of the molecule is CCOC(=O)/C(C=Nc1ccc(CN2CCCC2)cc1)=C(\O)c1cc(F)c(F)c(OC(F)(F)Cl)c1F. The minimum atomic E-state index is -4.58.